The van der Waals surface area contributed by atoms with Crippen molar-refractivity contribution in [3.8, 4) is 0 Å². The van der Waals surface area contributed by atoms with Crippen LogP contribution in [-0.4, -0.2) is 32.2 Å². The van der Waals surface area contributed by atoms with Crippen LogP contribution in [0.2, 0.25) is 0 Å². The van der Waals surface area contributed by atoms with Gasteiger partial charge in [-0.3, -0.25) is 4.79 Å². The van der Waals surface area contributed by atoms with Crippen LogP contribution in [0.4, 0.5) is 0 Å². The molecule has 0 heterocycles. The summed E-state index contributed by atoms with van der Waals surface area (Å²) in [6, 6.07) is 0. The fourth-order valence-corrected chi connectivity index (χ4v) is 0.897. The minimum Gasteiger partial charge on any atom is -0.382 e. The average Bonchev–Trinajstić information content (AvgIpc) is 2.14. The average molecular weight is 188 g/mol. The largest absolute Gasteiger partial charge is 0.382 e. The van der Waals surface area contributed by atoms with Gasteiger partial charge in [-0.2, -0.15) is 0 Å². The molecule has 0 saturated carbocycles. The fraction of sp³-hybridized carbons (Fsp3) is 0.889. The number of amides is 1. The summed E-state index contributed by atoms with van der Waals surface area (Å²) in [6.45, 7) is 4.68. The van der Waals surface area contributed by atoms with Crippen LogP contribution in [0.25, 0.3) is 0 Å². The summed E-state index contributed by atoms with van der Waals surface area (Å²) in [7, 11) is 0. The Hall–Kier alpha value is -0.610. The van der Waals surface area contributed by atoms with Gasteiger partial charge in [0.05, 0.1) is 0 Å². The lowest BCUT2D eigenvalue weighted by atomic mass is 10.3. The standard InChI is InChI=1S/C9H20N2O2/c1-2-13-8-4-7-11-9(12)5-3-6-10/h2-8,10H2,1H3,(H,11,12). The molecule has 0 radical (unpaired) electrons. The molecule has 4 heteroatoms. The molecule has 0 fully saturated rings. The summed E-state index contributed by atoms with van der Waals surface area (Å²) in [5.74, 6) is 0.0851. The lowest BCUT2D eigenvalue weighted by molar-refractivity contribution is -0.121. The maximum absolute atomic E-state index is 11.0. The van der Waals surface area contributed by atoms with Crippen LogP contribution in [0.1, 0.15) is 26.2 Å². The second kappa shape index (κ2) is 9.48. The highest BCUT2D eigenvalue weighted by atomic mass is 16.5. The molecular weight excluding hydrogens is 168 g/mol. The molecule has 0 atom stereocenters. The van der Waals surface area contributed by atoms with E-state index in [-0.39, 0.29) is 5.91 Å². The van der Waals surface area contributed by atoms with Gasteiger partial charge in [0.25, 0.3) is 0 Å². The first kappa shape index (κ1) is 12.4. The molecule has 1 amide bonds. The summed E-state index contributed by atoms with van der Waals surface area (Å²) in [6.07, 6.45) is 2.17. The van der Waals surface area contributed by atoms with Crippen LogP contribution in [0.5, 0.6) is 0 Å². The Labute approximate surface area is 79.8 Å². The smallest absolute Gasteiger partial charge is 0.220 e. The molecular formula is C9H20N2O2. The van der Waals surface area contributed by atoms with Crippen molar-refractivity contribution in [3.05, 3.63) is 0 Å². The minimum absolute atomic E-state index is 0.0851. The molecule has 0 aromatic carbocycles. The normalized spacial score (nSPS) is 10.0. The minimum atomic E-state index is 0.0851. The first-order valence-corrected chi connectivity index (χ1v) is 4.85. The predicted molar refractivity (Wildman–Crippen MR) is 52.4 cm³/mol. The first-order valence-electron chi connectivity index (χ1n) is 4.85. The van der Waals surface area contributed by atoms with E-state index in [0.717, 1.165) is 19.4 Å². The predicted octanol–water partition coefficient (Wildman–Crippen LogP) is 0.268. The van der Waals surface area contributed by atoms with Crippen molar-refractivity contribution in [2.45, 2.75) is 26.2 Å². The third kappa shape index (κ3) is 9.30. The molecule has 4 nitrogen and oxygen atoms in total. The lowest BCUT2D eigenvalue weighted by Crippen LogP contribution is -2.25. The van der Waals surface area contributed by atoms with E-state index in [1.165, 1.54) is 0 Å². The molecule has 0 aliphatic carbocycles. The fourth-order valence-electron chi connectivity index (χ4n) is 0.897. The summed E-state index contributed by atoms with van der Waals surface area (Å²) >= 11 is 0. The zero-order valence-electron chi connectivity index (χ0n) is 8.34. The Balaban J connectivity index is 3.08. The Morgan fingerprint density at radius 2 is 2.23 bits per heavy atom. The van der Waals surface area contributed by atoms with Crippen molar-refractivity contribution in [3.63, 3.8) is 0 Å². The van der Waals surface area contributed by atoms with Gasteiger partial charge >= 0.3 is 0 Å². The highest BCUT2D eigenvalue weighted by molar-refractivity contribution is 5.75. The Morgan fingerprint density at radius 3 is 2.85 bits per heavy atom. The Bertz CT molecular complexity index is 129. The molecule has 0 aliphatic rings. The highest BCUT2D eigenvalue weighted by Crippen LogP contribution is 1.86. The number of carbonyl (C=O) groups excluding carboxylic acids is 1. The van der Waals surface area contributed by atoms with E-state index in [1.54, 1.807) is 0 Å². The van der Waals surface area contributed by atoms with Gasteiger partial charge < -0.3 is 15.8 Å². The number of ether oxygens (including phenoxy) is 1. The maximum atomic E-state index is 11.0. The van der Waals surface area contributed by atoms with E-state index in [9.17, 15) is 4.79 Å². The molecule has 0 saturated heterocycles. The van der Waals surface area contributed by atoms with Gasteiger partial charge in [0.15, 0.2) is 0 Å². The van der Waals surface area contributed by atoms with Crippen molar-refractivity contribution in [2.75, 3.05) is 26.3 Å². The number of nitrogens with two attached hydrogens (primary N) is 1. The molecule has 0 bridgehead atoms. The quantitative estimate of drug-likeness (QED) is 0.537. The van der Waals surface area contributed by atoms with Crippen LogP contribution >= 0.6 is 0 Å². The van der Waals surface area contributed by atoms with E-state index >= 15 is 0 Å². The lowest BCUT2D eigenvalue weighted by Gasteiger charge is -2.04. The van der Waals surface area contributed by atoms with Crippen LogP contribution in [0, 0.1) is 0 Å². The van der Waals surface area contributed by atoms with Gasteiger partial charge in [-0.1, -0.05) is 0 Å². The van der Waals surface area contributed by atoms with Crippen molar-refractivity contribution < 1.29 is 9.53 Å². The van der Waals surface area contributed by atoms with Gasteiger partial charge in [0, 0.05) is 26.2 Å². The van der Waals surface area contributed by atoms with E-state index in [2.05, 4.69) is 5.32 Å². The second-order valence-electron chi connectivity index (χ2n) is 2.79. The molecule has 13 heavy (non-hydrogen) atoms. The van der Waals surface area contributed by atoms with E-state index in [0.29, 0.717) is 26.1 Å². The van der Waals surface area contributed by atoms with Gasteiger partial charge in [-0.15, -0.1) is 0 Å². The van der Waals surface area contributed by atoms with Crippen LogP contribution in [0.15, 0.2) is 0 Å². The van der Waals surface area contributed by atoms with Crippen molar-refractivity contribution in [1.29, 1.82) is 0 Å². The Morgan fingerprint density at radius 1 is 1.46 bits per heavy atom. The summed E-state index contributed by atoms with van der Waals surface area (Å²) in [4.78, 5) is 11.0. The number of hydrogen-bond donors (Lipinski definition) is 2. The summed E-state index contributed by atoms with van der Waals surface area (Å²) in [5.41, 5.74) is 5.27. The Kier molecular flexibility index (Phi) is 9.03. The molecule has 3 N–H and O–H groups in total. The zero-order chi connectivity index (χ0) is 9.94. The molecule has 78 valence electrons. The molecule has 0 aliphatic heterocycles. The van der Waals surface area contributed by atoms with Crippen molar-refractivity contribution in [1.82, 2.24) is 5.32 Å². The van der Waals surface area contributed by atoms with E-state index in [4.69, 9.17) is 10.5 Å². The monoisotopic (exact) mass is 188 g/mol. The number of nitrogens with one attached hydrogen (secondary N) is 1. The van der Waals surface area contributed by atoms with Gasteiger partial charge in [-0.25, -0.2) is 0 Å². The first-order chi connectivity index (χ1) is 6.31. The van der Waals surface area contributed by atoms with Gasteiger partial charge in [0.1, 0.15) is 0 Å². The molecule has 0 rings (SSSR count). The van der Waals surface area contributed by atoms with Crippen molar-refractivity contribution >= 4 is 5.91 Å². The zero-order valence-corrected chi connectivity index (χ0v) is 8.34. The number of hydrogen-bond acceptors (Lipinski definition) is 3. The van der Waals surface area contributed by atoms with Crippen LogP contribution in [0.3, 0.4) is 0 Å². The third-order valence-corrected chi connectivity index (χ3v) is 1.60. The second-order valence-corrected chi connectivity index (χ2v) is 2.79. The highest BCUT2D eigenvalue weighted by Gasteiger charge is 1.98. The molecule has 0 spiro atoms. The van der Waals surface area contributed by atoms with Crippen LogP contribution < -0.4 is 11.1 Å². The summed E-state index contributed by atoms with van der Waals surface area (Å²) in [5, 5.41) is 2.80. The molecule has 0 aromatic rings. The van der Waals surface area contributed by atoms with Gasteiger partial charge in [-0.05, 0) is 26.3 Å². The number of rotatable bonds is 8. The topological polar surface area (TPSA) is 64.3 Å². The van der Waals surface area contributed by atoms with Gasteiger partial charge in [0.2, 0.25) is 5.91 Å². The number of carbonyl (C=O) groups is 1. The molecule has 0 aromatic heterocycles. The van der Waals surface area contributed by atoms with Crippen LogP contribution in [-0.2, 0) is 9.53 Å². The summed E-state index contributed by atoms with van der Waals surface area (Å²) < 4.78 is 5.13. The van der Waals surface area contributed by atoms with E-state index in [1.807, 2.05) is 6.92 Å². The van der Waals surface area contributed by atoms with Crippen molar-refractivity contribution in [2.24, 2.45) is 5.73 Å². The molecule has 0 unspecified atom stereocenters. The maximum Gasteiger partial charge on any atom is 0.220 e. The third-order valence-electron chi connectivity index (χ3n) is 1.60. The van der Waals surface area contributed by atoms with E-state index < -0.39 is 0 Å². The SMILES string of the molecule is CCOCCCNC(=O)CCCN.